The molecule has 5 nitrogen and oxygen atoms in total. The Balaban J connectivity index is 1.73. The van der Waals surface area contributed by atoms with Gasteiger partial charge in [-0.1, -0.05) is 41.9 Å². The predicted molar refractivity (Wildman–Crippen MR) is 127 cm³/mol. The van der Waals surface area contributed by atoms with Crippen LogP contribution in [0.4, 0.5) is 14.9 Å². The van der Waals surface area contributed by atoms with Gasteiger partial charge in [-0.25, -0.2) is 9.18 Å². The van der Waals surface area contributed by atoms with E-state index in [0.29, 0.717) is 23.8 Å². The molecule has 8 heteroatoms. The first-order valence-corrected chi connectivity index (χ1v) is 11.2. The van der Waals surface area contributed by atoms with Crippen LogP contribution >= 0.6 is 22.9 Å². The lowest BCUT2D eigenvalue weighted by Gasteiger charge is -2.27. The normalized spacial score (nSPS) is 10.4. The zero-order valence-electron chi connectivity index (χ0n) is 17.3. The van der Waals surface area contributed by atoms with Crippen LogP contribution in [-0.4, -0.2) is 34.8 Å². The third-order valence-electron chi connectivity index (χ3n) is 4.60. The van der Waals surface area contributed by atoms with Crippen molar-refractivity contribution >= 4 is 40.6 Å². The number of anilines is 1. The molecule has 0 atom stereocenters. The first-order chi connectivity index (χ1) is 15.4. The molecular weight excluding hydrogens is 449 g/mol. The van der Waals surface area contributed by atoms with Crippen molar-refractivity contribution in [1.82, 2.24) is 9.80 Å². The van der Waals surface area contributed by atoms with Gasteiger partial charge in [-0.2, -0.15) is 0 Å². The zero-order valence-corrected chi connectivity index (χ0v) is 18.9. The standard InChI is InChI=1S/C24H23ClFN3O2S/c1-2-12-28(24(31)27-21-6-3-5-19(25)14-21)17-23(30)29(16-22-7-4-13-32-22)15-18-8-10-20(26)11-9-18/h2-11,13-14H,1,12,15-17H2,(H,27,31). The van der Waals surface area contributed by atoms with E-state index < -0.39 is 6.03 Å². The number of thiophene rings is 1. The Labute approximate surface area is 195 Å². The first kappa shape index (κ1) is 23.5. The number of hydrogen-bond donors (Lipinski definition) is 1. The van der Waals surface area contributed by atoms with Gasteiger partial charge in [0.05, 0.1) is 6.54 Å². The van der Waals surface area contributed by atoms with Crippen molar-refractivity contribution in [2.75, 3.05) is 18.4 Å². The second kappa shape index (κ2) is 11.5. The van der Waals surface area contributed by atoms with Crippen LogP contribution in [0.1, 0.15) is 10.4 Å². The van der Waals surface area contributed by atoms with Crippen molar-refractivity contribution in [1.29, 1.82) is 0 Å². The summed E-state index contributed by atoms with van der Waals surface area (Å²) in [5.41, 5.74) is 1.33. The fourth-order valence-corrected chi connectivity index (χ4v) is 3.95. The number of hydrogen-bond acceptors (Lipinski definition) is 3. The lowest BCUT2D eigenvalue weighted by Crippen LogP contribution is -2.44. The predicted octanol–water partition coefficient (Wildman–Crippen LogP) is 5.79. The highest BCUT2D eigenvalue weighted by atomic mass is 35.5. The van der Waals surface area contributed by atoms with Gasteiger partial charge in [-0.15, -0.1) is 17.9 Å². The Morgan fingerprint density at radius 2 is 1.84 bits per heavy atom. The molecule has 3 aromatic rings. The van der Waals surface area contributed by atoms with Crippen molar-refractivity contribution < 1.29 is 14.0 Å². The Hall–Kier alpha value is -3.16. The van der Waals surface area contributed by atoms with E-state index in [-0.39, 0.29) is 24.8 Å². The van der Waals surface area contributed by atoms with Crippen LogP contribution in [-0.2, 0) is 17.9 Å². The second-order valence-electron chi connectivity index (χ2n) is 7.07. The van der Waals surface area contributed by atoms with Crippen LogP contribution in [0.3, 0.4) is 0 Å². The minimum absolute atomic E-state index is 0.134. The summed E-state index contributed by atoms with van der Waals surface area (Å²) in [7, 11) is 0. The molecule has 3 rings (SSSR count). The third kappa shape index (κ3) is 6.93. The third-order valence-corrected chi connectivity index (χ3v) is 5.70. The van der Waals surface area contributed by atoms with Gasteiger partial charge in [-0.05, 0) is 47.3 Å². The lowest BCUT2D eigenvalue weighted by molar-refractivity contribution is -0.132. The van der Waals surface area contributed by atoms with E-state index in [2.05, 4.69) is 11.9 Å². The molecule has 1 aromatic heterocycles. The van der Waals surface area contributed by atoms with Gasteiger partial charge in [0.15, 0.2) is 0 Å². The maximum absolute atomic E-state index is 13.3. The molecule has 0 aliphatic heterocycles. The number of nitrogens with zero attached hydrogens (tertiary/aromatic N) is 2. The zero-order chi connectivity index (χ0) is 22.9. The molecular formula is C24H23ClFN3O2S. The number of benzene rings is 2. The molecule has 2 aromatic carbocycles. The second-order valence-corrected chi connectivity index (χ2v) is 8.53. The van der Waals surface area contributed by atoms with Crippen molar-refractivity contribution in [3.63, 3.8) is 0 Å². The Bertz CT molecular complexity index is 1060. The molecule has 0 bridgehead atoms. The van der Waals surface area contributed by atoms with Gasteiger partial charge in [0, 0.05) is 28.7 Å². The topological polar surface area (TPSA) is 52.7 Å². The average molecular weight is 472 g/mol. The van der Waals surface area contributed by atoms with E-state index in [0.717, 1.165) is 10.4 Å². The molecule has 166 valence electrons. The summed E-state index contributed by atoms with van der Waals surface area (Å²) in [6.45, 7) is 4.45. The number of nitrogens with one attached hydrogen (secondary N) is 1. The summed E-state index contributed by atoms with van der Waals surface area (Å²) in [6.07, 6.45) is 1.56. The van der Waals surface area contributed by atoms with Crippen LogP contribution in [0.15, 0.2) is 78.7 Å². The molecule has 0 saturated carbocycles. The fourth-order valence-electron chi connectivity index (χ4n) is 3.04. The smallest absolute Gasteiger partial charge is 0.322 e. The highest BCUT2D eigenvalue weighted by Crippen LogP contribution is 2.17. The number of amides is 3. The summed E-state index contributed by atoms with van der Waals surface area (Å²) >= 11 is 7.53. The van der Waals surface area contributed by atoms with Crippen molar-refractivity contribution in [3.05, 3.63) is 100.0 Å². The molecule has 0 spiro atoms. The molecule has 3 amide bonds. The van der Waals surface area contributed by atoms with E-state index in [1.165, 1.54) is 17.0 Å². The molecule has 0 aliphatic carbocycles. The van der Waals surface area contributed by atoms with E-state index >= 15 is 0 Å². The summed E-state index contributed by atoms with van der Waals surface area (Å²) in [5, 5.41) is 5.20. The van der Waals surface area contributed by atoms with Crippen LogP contribution in [0, 0.1) is 5.82 Å². The summed E-state index contributed by atoms with van der Waals surface area (Å²) in [5.74, 6) is -0.564. The van der Waals surface area contributed by atoms with Gasteiger partial charge in [0.2, 0.25) is 5.91 Å². The quantitative estimate of drug-likeness (QED) is 0.401. The van der Waals surface area contributed by atoms with Gasteiger partial charge in [0.1, 0.15) is 12.4 Å². The Morgan fingerprint density at radius 1 is 1.06 bits per heavy atom. The number of carbonyl (C=O) groups excluding carboxylic acids is 2. The van der Waals surface area contributed by atoms with Crippen molar-refractivity contribution in [3.8, 4) is 0 Å². The van der Waals surface area contributed by atoms with E-state index in [9.17, 15) is 14.0 Å². The van der Waals surface area contributed by atoms with Crippen LogP contribution < -0.4 is 5.32 Å². The maximum Gasteiger partial charge on any atom is 0.322 e. The van der Waals surface area contributed by atoms with Gasteiger partial charge < -0.3 is 15.1 Å². The Kier molecular flexibility index (Phi) is 8.41. The van der Waals surface area contributed by atoms with E-state index in [1.54, 1.807) is 58.7 Å². The highest BCUT2D eigenvalue weighted by Gasteiger charge is 2.22. The van der Waals surface area contributed by atoms with E-state index in [1.807, 2.05) is 17.5 Å². The number of rotatable bonds is 9. The molecule has 0 unspecified atom stereocenters. The highest BCUT2D eigenvalue weighted by molar-refractivity contribution is 7.09. The molecule has 0 fully saturated rings. The van der Waals surface area contributed by atoms with Gasteiger partial charge in [-0.3, -0.25) is 4.79 Å². The fraction of sp³-hybridized carbons (Fsp3) is 0.167. The molecule has 1 N–H and O–H groups in total. The summed E-state index contributed by atoms with van der Waals surface area (Å²) in [6, 6.07) is 16.3. The molecule has 0 aliphatic rings. The lowest BCUT2D eigenvalue weighted by atomic mass is 10.2. The summed E-state index contributed by atoms with van der Waals surface area (Å²) < 4.78 is 13.3. The van der Waals surface area contributed by atoms with Gasteiger partial charge >= 0.3 is 6.03 Å². The molecule has 0 radical (unpaired) electrons. The maximum atomic E-state index is 13.3. The monoisotopic (exact) mass is 471 g/mol. The number of halogens is 2. The molecule has 1 heterocycles. The van der Waals surface area contributed by atoms with Crippen LogP contribution in [0.25, 0.3) is 0 Å². The molecule has 0 saturated heterocycles. The SMILES string of the molecule is C=CCN(CC(=O)N(Cc1ccc(F)cc1)Cc1cccs1)C(=O)Nc1cccc(Cl)c1. The van der Waals surface area contributed by atoms with Crippen LogP contribution in [0.2, 0.25) is 5.02 Å². The van der Waals surface area contributed by atoms with Crippen LogP contribution in [0.5, 0.6) is 0 Å². The number of carbonyl (C=O) groups is 2. The van der Waals surface area contributed by atoms with Crippen molar-refractivity contribution in [2.24, 2.45) is 0 Å². The van der Waals surface area contributed by atoms with Gasteiger partial charge in [0.25, 0.3) is 0 Å². The first-order valence-electron chi connectivity index (χ1n) is 9.91. The minimum atomic E-state index is -0.432. The summed E-state index contributed by atoms with van der Waals surface area (Å²) in [4.78, 5) is 30.1. The number of urea groups is 1. The molecule has 32 heavy (non-hydrogen) atoms. The van der Waals surface area contributed by atoms with Crippen molar-refractivity contribution in [2.45, 2.75) is 13.1 Å². The minimum Gasteiger partial charge on any atom is -0.332 e. The average Bonchev–Trinajstić information content (AvgIpc) is 3.27. The van der Waals surface area contributed by atoms with E-state index in [4.69, 9.17) is 11.6 Å². The Morgan fingerprint density at radius 3 is 2.50 bits per heavy atom. The largest absolute Gasteiger partial charge is 0.332 e.